The van der Waals surface area contributed by atoms with E-state index in [-0.39, 0.29) is 10.6 Å². The lowest BCUT2D eigenvalue weighted by Crippen LogP contribution is -1.93. The highest BCUT2D eigenvalue weighted by Crippen LogP contribution is 2.31. The Balaban J connectivity index is 2.01. The third kappa shape index (κ3) is 2.96. The van der Waals surface area contributed by atoms with Crippen LogP contribution in [0.3, 0.4) is 0 Å². The van der Waals surface area contributed by atoms with Crippen LogP contribution in [0.1, 0.15) is 0 Å². The number of para-hydroxylation sites is 2. The van der Waals surface area contributed by atoms with Crippen molar-refractivity contribution in [3.05, 3.63) is 89.0 Å². The molecule has 3 rings (SSSR count). The van der Waals surface area contributed by atoms with Crippen molar-refractivity contribution < 1.29 is 4.92 Å². The van der Waals surface area contributed by atoms with Gasteiger partial charge in [-0.15, -0.1) is 0 Å². The number of rotatable bonds is 4. The number of non-ortho nitro benzene ring substituents is 1. The highest BCUT2D eigenvalue weighted by molar-refractivity contribution is 5.81. The summed E-state index contributed by atoms with van der Waals surface area (Å²) in [7, 11) is 0. The van der Waals surface area contributed by atoms with Gasteiger partial charge in [-0.3, -0.25) is 10.1 Å². The number of nitro benzene ring substituents is 1. The largest absolute Gasteiger partial charge is 0.355 e. The van der Waals surface area contributed by atoms with Gasteiger partial charge in [0, 0.05) is 29.1 Å². The fourth-order valence-corrected chi connectivity index (χ4v) is 2.31. The maximum Gasteiger partial charge on any atom is 0.270 e. The zero-order valence-corrected chi connectivity index (χ0v) is 11.8. The van der Waals surface area contributed by atoms with Gasteiger partial charge >= 0.3 is 0 Å². The zero-order chi connectivity index (χ0) is 15.4. The lowest BCUT2D eigenvalue weighted by Gasteiger charge is -2.12. The van der Waals surface area contributed by atoms with Gasteiger partial charge in [0.25, 0.3) is 5.69 Å². The van der Waals surface area contributed by atoms with E-state index in [0.29, 0.717) is 0 Å². The van der Waals surface area contributed by atoms with Gasteiger partial charge in [0.1, 0.15) is 0 Å². The Kier molecular flexibility index (Phi) is 3.83. The monoisotopic (exact) mass is 290 g/mol. The lowest BCUT2D eigenvalue weighted by molar-refractivity contribution is -0.384. The summed E-state index contributed by atoms with van der Waals surface area (Å²) >= 11 is 0. The standard InChI is InChI=1S/C18H14N2O2/c21-20(22)16-10-6-7-14(13-16)17-11-4-5-12-18(17)19-15-8-2-1-3-9-15/h1-13,19H. The van der Waals surface area contributed by atoms with E-state index in [2.05, 4.69) is 5.32 Å². The van der Waals surface area contributed by atoms with E-state index in [1.54, 1.807) is 12.1 Å². The van der Waals surface area contributed by atoms with Crippen molar-refractivity contribution >= 4 is 17.1 Å². The number of nitrogens with zero attached hydrogens (tertiary/aromatic N) is 1. The molecular weight excluding hydrogens is 276 g/mol. The van der Waals surface area contributed by atoms with Crippen LogP contribution >= 0.6 is 0 Å². The van der Waals surface area contributed by atoms with Gasteiger partial charge in [0.15, 0.2) is 0 Å². The topological polar surface area (TPSA) is 55.2 Å². The van der Waals surface area contributed by atoms with Crippen molar-refractivity contribution in [2.24, 2.45) is 0 Å². The highest BCUT2D eigenvalue weighted by Gasteiger charge is 2.10. The number of nitro groups is 1. The van der Waals surface area contributed by atoms with E-state index in [1.807, 2.05) is 60.7 Å². The Morgan fingerprint density at radius 1 is 0.818 bits per heavy atom. The zero-order valence-electron chi connectivity index (χ0n) is 11.8. The van der Waals surface area contributed by atoms with Crippen molar-refractivity contribution in [1.29, 1.82) is 0 Å². The molecule has 0 saturated carbocycles. The molecule has 0 unspecified atom stereocenters. The Bertz CT molecular complexity index is 801. The van der Waals surface area contributed by atoms with Gasteiger partial charge in [-0.1, -0.05) is 48.5 Å². The van der Waals surface area contributed by atoms with E-state index >= 15 is 0 Å². The molecule has 22 heavy (non-hydrogen) atoms. The van der Waals surface area contributed by atoms with Crippen LogP contribution in [0.25, 0.3) is 11.1 Å². The molecule has 0 bridgehead atoms. The second kappa shape index (κ2) is 6.10. The fraction of sp³-hybridized carbons (Fsp3) is 0. The quantitative estimate of drug-likeness (QED) is 0.543. The predicted octanol–water partition coefficient (Wildman–Crippen LogP) is 5.01. The minimum absolute atomic E-state index is 0.0898. The van der Waals surface area contributed by atoms with E-state index in [4.69, 9.17) is 0 Å². The van der Waals surface area contributed by atoms with E-state index in [1.165, 1.54) is 6.07 Å². The van der Waals surface area contributed by atoms with Crippen molar-refractivity contribution in [3.8, 4) is 11.1 Å². The SMILES string of the molecule is O=[N+]([O-])c1cccc(-c2ccccc2Nc2ccccc2)c1. The minimum atomic E-state index is -0.378. The summed E-state index contributed by atoms with van der Waals surface area (Å²) in [5.41, 5.74) is 3.71. The Hall–Kier alpha value is -3.14. The van der Waals surface area contributed by atoms with E-state index in [9.17, 15) is 10.1 Å². The van der Waals surface area contributed by atoms with Crippen LogP contribution in [0, 0.1) is 10.1 Å². The first-order valence-electron chi connectivity index (χ1n) is 6.90. The third-order valence-electron chi connectivity index (χ3n) is 3.35. The Morgan fingerprint density at radius 2 is 1.55 bits per heavy atom. The average molecular weight is 290 g/mol. The molecule has 4 nitrogen and oxygen atoms in total. The van der Waals surface area contributed by atoms with Crippen LogP contribution in [0.2, 0.25) is 0 Å². The summed E-state index contributed by atoms with van der Waals surface area (Å²) in [6.45, 7) is 0. The predicted molar refractivity (Wildman–Crippen MR) is 88.3 cm³/mol. The molecule has 3 aromatic rings. The maximum absolute atomic E-state index is 11.0. The first kappa shape index (κ1) is 13.8. The molecule has 0 aromatic heterocycles. The van der Waals surface area contributed by atoms with Crippen LogP contribution in [0.4, 0.5) is 17.1 Å². The molecule has 3 aromatic carbocycles. The molecule has 0 aliphatic heterocycles. The van der Waals surface area contributed by atoms with Gasteiger partial charge in [0.2, 0.25) is 0 Å². The molecule has 0 radical (unpaired) electrons. The molecule has 4 heteroatoms. The molecule has 0 amide bonds. The minimum Gasteiger partial charge on any atom is -0.355 e. The third-order valence-corrected chi connectivity index (χ3v) is 3.35. The fourth-order valence-electron chi connectivity index (χ4n) is 2.31. The lowest BCUT2D eigenvalue weighted by atomic mass is 10.0. The number of hydrogen-bond donors (Lipinski definition) is 1. The summed E-state index contributed by atoms with van der Waals surface area (Å²) in [6, 6.07) is 24.2. The Morgan fingerprint density at radius 3 is 2.32 bits per heavy atom. The van der Waals surface area contributed by atoms with Crippen LogP contribution in [0.5, 0.6) is 0 Å². The normalized spacial score (nSPS) is 10.2. The molecule has 0 aliphatic carbocycles. The van der Waals surface area contributed by atoms with E-state index < -0.39 is 0 Å². The second-order valence-corrected chi connectivity index (χ2v) is 4.84. The van der Waals surface area contributed by atoms with Crippen LogP contribution in [-0.2, 0) is 0 Å². The van der Waals surface area contributed by atoms with Gasteiger partial charge in [-0.2, -0.15) is 0 Å². The molecular formula is C18H14N2O2. The maximum atomic E-state index is 11.0. The highest BCUT2D eigenvalue weighted by atomic mass is 16.6. The van der Waals surface area contributed by atoms with Crippen LogP contribution < -0.4 is 5.32 Å². The number of hydrogen-bond acceptors (Lipinski definition) is 3. The first-order chi connectivity index (χ1) is 10.7. The molecule has 0 saturated heterocycles. The molecule has 0 atom stereocenters. The van der Waals surface area contributed by atoms with Crippen LogP contribution in [0.15, 0.2) is 78.9 Å². The smallest absolute Gasteiger partial charge is 0.270 e. The van der Waals surface area contributed by atoms with Gasteiger partial charge in [-0.05, 0) is 23.8 Å². The number of nitrogens with one attached hydrogen (secondary N) is 1. The summed E-state index contributed by atoms with van der Waals surface area (Å²) in [6.07, 6.45) is 0. The summed E-state index contributed by atoms with van der Waals surface area (Å²) < 4.78 is 0. The van der Waals surface area contributed by atoms with Crippen molar-refractivity contribution in [1.82, 2.24) is 0 Å². The molecule has 108 valence electrons. The molecule has 0 fully saturated rings. The molecule has 0 heterocycles. The molecule has 0 aliphatic rings. The van der Waals surface area contributed by atoms with Crippen molar-refractivity contribution in [2.45, 2.75) is 0 Å². The Labute approximate surface area is 128 Å². The van der Waals surface area contributed by atoms with Crippen LogP contribution in [-0.4, -0.2) is 4.92 Å². The van der Waals surface area contributed by atoms with Gasteiger partial charge < -0.3 is 5.32 Å². The van der Waals surface area contributed by atoms with Gasteiger partial charge in [0.05, 0.1) is 4.92 Å². The second-order valence-electron chi connectivity index (χ2n) is 4.84. The summed E-state index contributed by atoms with van der Waals surface area (Å²) in [5, 5.41) is 14.3. The van der Waals surface area contributed by atoms with Gasteiger partial charge in [-0.25, -0.2) is 0 Å². The molecule has 1 N–H and O–H groups in total. The first-order valence-corrected chi connectivity index (χ1v) is 6.90. The molecule has 0 spiro atoms. The van der Waals surface area contributed by atoms with Crippen molar-refractivity contribution in [2.75, 3.05) is 5.32 Å². The number of benzene rings is 3. The number of anilines is 2. The van der Waals surface area contributed by atoms with E-state index in [0.717, 1.165) is 22.5 Å². The average Bonchev–Trinajstić information content (AvgIpc) is 2.56. The summed E-state index contributed by atoms with van der Waals surface area (Å²) in [5.74, 6) is 0. The van der Waals surface area contributed by atoms with Crippen molar-refractivity contribution in [3.63, 3.8) is 0 Å². The summed E-state index contributed by atoms with van der Waals surface area (Å²) in [4.78, 5) is 10.6.